The molecule has 1 aromatic heterocycles. The molecule has 0 spiro atoms. The molecule has 6 nitrogen and oxygen atoms in total. The van der Waals surface area contributed by atoms with E-state index in [9.17, 15) is 14.7 Å². The standard InChI is InChI=1S/C20H24N2O4/c1-13-16-5-3-4-6-18(16)21-14(2)17(13)11-19(23)22(12-20(24)25)15-7-9-26-10-8-15/h3-6,15H,7-12H2,1-2H3,(H,24,25). The van der Waals surface area contributed by atoms with Gasteiger partial charge in [-0.05, 0) is 43.9 Å². The van der Waals surface area contributed by atoms with Crippen molar-refractivity contribution in [3.8, 4) is 0 Å². The molecule has 1 amide bonds. The van der Waals surface area contributed by atoms with Gasteiger partial charge >= 0.3 is 5.97 Å². The smallest absolute Gasteiger partial charge is 0.323 e. The summed E-state index contributed by atoms with van der Waals surface area (Å²) in [6, 6.07) is 7.77. The molecule has 1 N–H and O–H groups in total. The van der Waals surface area contributed by atoms with Gasteiger partial charge in [-0.1, -0.05) is 18.2 Å². The Labute approximate surface area is 152 Å². The van der Waals surface area contributed by atoms with Crippen molar-refractivity contribution in [3.63, 3.8) is 0 Å². The first kappa shape index (κ1) is 18.3. The molecule has 26 heavy (non-hydrogen) atoms. The maximum absolute atomic E-state index is 13.0. The number of benzene rings is 1. The van der Waals surface area contributed by atoms with Gasteiger partial charge in [0.05, 0.1) is 11.9 Å². The van der Waals surface area contributed by atoms with Crippen LogP contribution in [0.5, 0.6) is 0 Å². The van der Waals surface area contributed by atoms with E-state index in [0.717, 1.165) is 27.7 Å². The lowest BCUT2D eigenvalue weighted by Crippen LogP contribution is -2.46. The number of hydrogen-bond donors (Lipinski definition) is 1. The fourth-order valence-electron chi connectivity index (χ4n) is 3.65. The number of nitrogens with zero attached hydrogens (tertiary/aromatic N) is 2. The Hall–Kier alpha value is -2.47. The molecule has 0 atom stereocenters. The second-order valence-corrected chi connectivity index (χ2v) is 6.75. The van der Waals surface area contributed by atoms with Crippen LogP contribution in [0.3, 0.4) is 0 Å². The molecule has 2 heterocycles. The van der Waals surface area contributed by atoms with Gasteiger partial charge in [0.25, 0.3) is 0 Å². The van der Waals surface area contributed by atoms with E-state index in [1.807, 2.05) is 38.1 Å². The lowest BCUT2D eigenvalue weighted by atomic mass is 9.98. The van der Waals surface area contributed by atoms with Crippen molar-refractivity contribution in [3.05, 3.63) is 41.1 Å². The van der Waals surface area contributed by atoms with Crippen LogP contribution in [-0.2, 0) is 20.7 Å². The van der Waals surface area contributed by atoms with Crippen LogP contribution in [0.4, 0.5) is 0 Å². The predicted octanol–water partition coefficient (Wildman–Crippen LogP) is 2.49. The molecule has 0 radical (unpaired) electrons. The summed E-state index contributed by atoms with van der Waals surface area (Å²) in [6.45, 7) is 4.74. The summed E-state index contributed by atoms with van der Waals surface area (Å²) in [5, 5.41) is 10.3. The molecule has 1 saturated heterocycles. The van der Waals surface area contributed by atoms with Gasteiger partial charge in [-0.15, -0.1) is 0 Å². The monoisotopic (exact) mass is 356 g/mol. The predicted molar refractivity (Wildman–Crippen MR) is 98.1 cm³/mol. The molecule has 0 unspecified atom stereocenters. The Morgan fingerprint density at radius 1 is 1.23 bits per heavy atom. The van der Waals surface area contributed by atoms with Crippen LogP contribution in [0, 0.1) is 13.8 Å². The van der Waals surface area contributed by atoms with Crippen LogP contribution in [-0.4, -0.2) is 52.7 Å². The van der Waals surface area contributed by atoms with Crippen molar-refractivity contribution in [2.24, 2.45) is 0 Å². The van der Waals surface area contributed by atoms with Crippen LogP contribution in [0.1, 0.15) is 29.7 Å². The Bertz CT molecular complexity index is 828. The highest BCUT2D eigenvalue weighted by Gasteiger charge is 2.28. The van der Waals surface area contributed by atoms with Crippen molar-refractivity contribution < 1.29 is 19.4 Å². The Morgan fingerprint density at radius 3 is 2.62 bits per heavy atom. The number of para-hydroxylation sites is 1. The molecule has 138 valence electrons. The first-order chi connectivity index (χ1) is 12.5. The number of aromatic nitrogens is 1. The Morgan fingerprint density at radius 2 is 1.92 bits per heavy atom. The Kier molecular flexibility index (Phi) is 5.52. The second-order valence-electron chi connectivity index (χ2n) is 6.75. The highest BCUT2D eigenvalue weighted by Crippen LogP contribution is 2.24. The van der Waals surface area contributed by atoms with Gasteiger partial charge in [0.1, 0.15) is 6.54 Å². The number of carbonyl (C=O) groups excluding carboxylic acids is 1. The van der Waals surface area contributed by atoms with Gasteiger partial charge in [0.2, 0.25) is 5.91 Å². The van der Waals surface area contributed by atoms with E-state index in [4.69, 9.17) is 4.74 Å². The highest BCUT2D eigenvalue weighted by molar-refractivity contribution is 5.87. The fraction of sp³-hybridized carbons (Fsp3) is 0.450. The number of amides is 1. The molecular weight excluding hydrogens is 332 g/mol. The number of pyridine rings is 1. The minimum Gasteiger partial charge on any atom is -0.480 e. The van der Waals surface area contributed by atoms with Crippen molar-refractivity contribution >= 4 is 22.8 Å². The van der Waals surface area contributed by atoms with Crippen molar-refractivity contribution in [1.29, 1.82) is 0 Å². The minimum atomic E-state index is -0.991. The average Bonchev–Trinajstić information content (AvgIpc) is 2.63. The van der Waals surface area contributed by atoms with E-state index in [0.29, 0.717) is 26.1 Å². The topological polar surface area (TPSA) is 79.7 Å². The van der Waals surface area contributed by atoms with Crippen LogP contribution in [0.15, 0.2) is 24.3 Å². The summed E-state index contributed by atoms with van der Waals surface area (Å²) < 4.78 is 5.34. The second kappa shape index (κ2) is 7.83. The third-order valence-corrected chi connectivity index (χ3v) is 5.07. The van der Waals surface area contributed by atoms with E-state index < -0.39 is 5.97 Å². The molecular formula is C20H24N2O4. The number of fused-ring (bicyclic) bond motifs is 1. The zero-order valence-corrected chi connectivity index (χ0v) is 15.2. The van der Waals surface area contributed by atoms with E-state index in [-0.39, 0.29) is 24.9 Å². The first-order valence-electron chi connectivity index (χ1n) is 8.91. The van der Waals surface area contributed by atoms with Gasteiger partial charge in [-0.25, -0.2) is 0 Å². The lowest BCUT2D eigenvalue weighted by Gasteiger charge is -2.33. The molecule has 3 rings (SSSR count). The zero-order chi connectivity index (χ0) is 18.7. The molecule has 1 aliphatic rings. The molecule has 0 aliphatic carbocycles. The number of carbonyl (C=O) groups is 2. The van der Waals surface area contributed by atoms with Gasteiger partial charge in [-0.3, -0.25) is 14.6 Å². The minimum absolute atomic E-state index is 0.0821. The third kappa shape index (κ3) is 3.85. The van der Waals surface area contributed by atoms with Crippen molar-refractivity contribution in [2.45, 2.75) is 39.2 Å². The van der Waals surface area contributed by atoms with Crippen molar-refractivity contribution in [1.82, 2.24) is 9.88 Å². The average molecular weight is 356 g/mol. The largest absolute Gasteiger partial charge is 0.480 e. The van der Waals surface area contributed by atoms with Crippen LogP contribution < -0.4 is 0 Å². The SMILES string of the molecule is Cc1nc2ccccc2c(C)c1CC(=O)N(CC(=O)O)C1CCOCC1. The summed E-state index contributed by atoms with van der Waals surface area (Å²) in [6.07, 6.45) is 1.51. The van der Waals surface area contributed by atoms with Crippen LogP contribution in [0.25, 0.3) is 10.9 Å². The maximum Gasteiger partial charge on any atom is 0.323 e. The number of aliphatic carboxylic acids is 1. The molecule has 0 saturated carbocycles. The number of aryl methyl sites for hydroxylation is 2. The number of rotatable bonds is 5. The van der Waals surface area contributed by atoms with E-state index >= 15 is 0 Å². The van der Waals surface area contributed by atoms with E-state index in [2.05, 4.69) is 4.98 Å². The van der Waals surface area contributed by atoms with Gasteiger partial charge in [0, 0.05) is 30.3 Å². The van der Waals surface area contributed by atoms with E-state index in [1.165, 1.54) is 4.90 Å². The molecule has 1 aliphatic heterocycles. The maximum atomic E-state index is 13.0. The number of ether oxygens (including phenoxy) is 1. The highest BCUT2D eigenvalue weighted by atomic mass is 16.5. The normalized spacial score (nSPS) is 15.2. The van der Waals surface area contributed by atoms with Crippen LogP contribution >= 0.6 is 0 Å². The third-order valence-electron chi connectivity index (χ3n) is 5.07. The number of carboxylic acid groups (broad SMARTS) is 1. The van der Waals surface area contributed by atoms with E-state index in [1.54, 1.807) is 0 Å². The summed E-state index contributed by atoms with van der Waals surface area (Å²) in [7, 11) is 0. The fourth-order valence-corrected chi connectivity index (χ4v) is 3.65. The number of hydrogen-bond acceptors (Lipinski definition) is 4. The molecule has 0 bridgehead atoms. The molecule has 6 heteroatoms. The lowest BCUT2D eigenvalue weighted by molar-refractivity contribution is -0.147. The molecule has 1 fully saturated rings. The summed E-state index contributed by atoms with van der Waals surface area (Å²) in [5.74, 6) is -1.16. The van der Waals surface area contributed by atoms with Gasteiger partial charge < -0.3 is 14.7 Å². The summed E-state index contributed by atoms with van der Waals surface area (Å²) in [4.78, 5) is 30.4. The first-order valence-corrected chi connectivity index (χ1v) is 8.91. The van der Waals surface area contributed by atoms with Crippen LogP contribution in [0.2, 0.25) is 0 Å². The summed E-state index contributed by atoms with van der Waals surface area (Å²) in [5.41, 5.74) is 3.64. The quantitative estimate of drug-likeness (QED) is 0.890. The Balaban J connectivity index is 1.89. The molecule has 1 aromatic carbocycles. The van der Waals surface area contributed by atoms with Gasteiger partial charge in [-0.2, -0.15) is 0 Å². The number of carboxylic acids is 1. The summed E-state index contributed by atoms with van der Waals surface area (Å²) >= 11 is 0. The zero-order valence-electron chi connectivity index (χ0n) is 15.2. The van der Waals surface area contributed by atoms with Crippen molar-refractivity contribution in [2.75, 3.05) is 19.8 Å². The van der Waals surface area contributed by atoms with Gasteiger partial charge in [0.15, 0.2) is 0 Å². The molecule has 2 aromatic rings.